The Morgan fingerprint density at radius 2 is 1.91 bits per heavy atom. The van der Waals surface area contributed by atoms with E-state index in [2.05, 4.69) is 9.71 Å². The number of nitrogens with one attached hydrogen (secondary N) is 1. The van der Waals surface area contributed by atoms with Crippen molar-refractivity contribution in [3.05, 3.63) is 59.9 Å². The molecule has 0 aliphatic carbocycles. The van der Waals surface area contributed by atoms with Crippen LogP contribution in [0.15, 0.2) is 53.7 Å². The second-order valence-electron chi connectivity index (χ2n) is 4.95. The van der Waals surface area contributed by atoms with Crippen molar-refractivity contribution in [2.45, 2.75) is 24.0 Å². The number of aliphatic hydroxyl groups excluding tert-OH is 2. The number of rotatable bonds is 6. The maximum Gasteiger partial charge on any atom is 0.241 e. The van der Waals surface area contributed by atoms with Crippen LogP contribution in [0.4, 0.5) is 0 Å². The van der Waals surface area contributed by atoms with Crippen molar-refractivity contribution in [1.29, 1.82) is 0 Å². The lowest BCUT2D eigenvalue weighted by molar-refractivity contribution is 0.0692. The fourth-order valence-corrected chi connectivity index (χ4v) is 3.24. The first-order valence-electron chi connectivity index (χ1n) is 6.72. The molecule has 2 unspecified atom stereocenters. The van der Waals surface area contributed by atoms with Crippen molar-refractivity contribution in [2.75, 3.05) is 6.61 Å². The molecule has 1 heterocycles. The summed E-state index contributed by atoms with van der Waals surface area (Å²) in [7, 11) is -3.83. The van der Waals surface area contributed by atoms with E-state index in [1.165, 1.54) is 18.3 Å². The molecule has 118 valence electrons. The normalized spacial score (nSPS) is 14.5. The largest absolute Gasteiger partial charge is 0.394 e. The predicted molar refractivity (Wildman–Crippen MR) is 81.6 cm³/mol. The molecule has 1 aromatic carbocycles. The van der Waals surface area contributed by atoms with Gasteiger partial charge in [0.1, 0.15) is 0 Å². The summed E-state index contributed by atoms with van der Waals surface area (Å²) in [4.78, 5) is 4.00. The van der Waals surface area contributed by atoms with Gasteiger partial charge in [-0.2, -0.15) is 0 Å². The molecule has 0 aliphatic rings. The third-order valence-electron chi connectivity index (χ3n) is 3.23. The highest BCUT2D eigenvalue weighted by molar-refractivity contribution is 7.89. The zero-order chi connectivity index (χ0) is 16.2. The third-order valence-corrected chi connectivity index (χ3v) is 4.69. The van der Waals surface area contributed by atoms with Gasteiger partial charge in [-0.15, -0.1) is 0 Å². The summed E-state index contributed by atoms with van der Waals surface area (Å²) in [6, 6.07) is 8.64. The van der Waals surface area contributed by atoms with Crippen molar-refractivity contribution in [3.63, 3.8) is 0 Å². The molecule has 0 fully saturated rings. The molecule has 0 saturated heterocycles. The van der Waals surface area contributed by atoms with Crippen molar-refractivity contribution in [1.82, 2.24) is 9.71 Å². The Hall–Kier alpha value is -1.80. The minimum Gasteiger partial charge on any atom is -0.394 e. The molecular formula is C15H18N2O4S. The van der Waals surface area contributed by atoms with E-state index in [0.717, 1.165) is 5.56 Å². The summed E-state index contributed by atoms with van der Waals surface area (Å²) in [5, 5.41) is 19.1. The van der Waals surface area contributed by atoms with Gasteiger partial charge >= 0.3 is 0 Å². The highest BCUT2D eigenvalue weighted by Crippen LogP contribution is 2.20. The van der Waals surface area contributed by atoms with Gasteiger partial charge in [-0.3, -0.25) is 4.98 Å². The molecule has 7 heteroatoms. The Labute approximate surface area is 129 Å². The summed E-state index contributed by atoms with van der Waals surface area (Å²) in [6.45, 7) is 1.29. The van der Waals surface area contributed by atoms with Crippen molar-refractivity contribution in [2.24, 2.45) is 0 Å². The van der Waals surface area contributed by atoms with Gasteiger partial charge in [0.05, 0.1) is 23.6 Å². The number of hydrogen-bond acceptors (Lipinski definition) is 5. The first-order valence-corrected chi connectivity index (χ1v) is 8.20. The summed E-state index contributed by atoms with van der Waals surface area (Å²) in [5.74, 6) is 0. The van der Waals surface area contributed by atoms with Gasteiger partial charge in [-0.1, -0.05) is 23.8 Å². The first kappa shape index (κ1) is 16.6. The number of sulfonamides is 1. The first-order chi connectivity index (χ1) is 10.4. The van der Waals surface area contributed by atoms with Gasteiger partial charge in [0.15, 0.2) is 0 Å². The monoisotopic (exact) mass is 322 g/mol. The quantitative estimate of drug-likeness (QED) is 0.729. The van der Waals surface area contributed by atoms with Crippen LogP contribution < -0.4 is 4.72 Å². The maximum absolute atomic E-state index is 12.4. The van der Waals surface area contributed by atoms with Crippen LogP contribution in [0.2, 0.25) is 0 Å². The fraction of sp³-hybridized carbons (Fsp3) is 0.267. The third kappa shape index (κ3) is 3.89. The van der Waals surface area contributed by atoms with Crippen LogP contribution in [0.3, 0.4) is 0 Å². The van der Waals surface area contributed by atoms with E-state index in [1.807, 2.05) is 6.92 Å². The summed E-state index contributed by atoms with van der Waals surface area (Å²) >= 11 is 0. The van der Waals surface area contributed by atoms with E-state index in [1.54, 1.807) is 30.5 Å². The van der Waals surface area contributed by atoms with Crippen molar-refractivity contribution in [3.8, 4) is 0 Å². The SMILES string of the molecule is Cc1ccc(S(=O)(=O)NC(c2cccnc2)C(O)CO)cc1. The highest BCUT2D eigenvalue weighted by atomic mass is 32.2. The van der Waals surface area contributed by atoms with Gasteiger partial charge in [-0.25, -0.2) is 13.1 Å². The fourth-order valence-electron chi connectivity index (χ4n) is 1.99. The van der Waals surface area contributed by atoms with E-state index in [9.17, 15) is 13.5 Å². The summed E-state index contributed by atoms with van der Waals surface area (Å²) in [6.07, 6.45) is 1.71. The van der Waals surface area contributed by atoms with Gasteiger partial charge in [0, 0.05) is 12.4 Å². The molecular weight excluding hydrogens is 304 g/mol. The van der Waals surface area contributed by atoms with Gasteiger partial charge in [-0.05, 0) is 30.7 Å². The molecule has 1 aromatic heterocycles. The molecule has 2 atom stereocenters. The molecule has 0 saturated carbocycles. The summed E-state index contributed by atoms with van der Waals surface area (Å²) in [5.41, 5.74) is 1.41. The standard InChI is InChI=1S/C15H18N2O4S/c1-11-4-6-13(7-5-11)22(20,21)17-15(14(19)10-18)12-3-2-8-16-9-12/h2-9,14-15,17-19H,10H2,1H3. The lowest BCUT2D eigenvalue weighted by Crippen LogP contribution is -2.38. The molecule has 0 spiro atoms. The molecule has 0 amide bonds. The molecule has 2 aromatic rings. The predicted octanol–water partition coefficient (Wildman–Crippen LogP) is 0.763. The van der Waals surface area contributed by atoms with Crippen LogP contribution >= 0.6 is 0 Å². The van der Waals surface area contributed by atoms with Gasteiger partial charge < -0.3 is 10.2 Å². The Morgan fingerprint density at radius 1 is 1.23 bits per heavy atom. The zero-order valence-corrected chi connectivity index (χ0v) is 12.9. The lowest BCUT2D eigenvalue weighted by Gasteiger charge is -2.22. The Morgan fingerprint density at radius 3 is 2.45 bits per heavy atom. The molecule has 22 heavy (non-hydrogen) atoms. The van der Waals surface area contributed by atoms with E-state index in [4.69, 9.17) is 5.11 Å². The summed E-state index contributed by atoms with van der Waals surface area (Å²) < 4.78 is 27.3. The van der Waals surface area contributed by atoms with Crippen molar-refractivity contribution >= 4 is 10.0 Å². The minimum atomic E-state index is -3.83. The van der Waals surface area contributed by atoms with E-state index >= 15 is 0 Å². The maximum atomic E-state index is 12.4. The number of aromatic nitrogens is 1. The Balaban J connectivity index is 2.32. The molecule has 0 aliphatic heterocycles. The van der Waals surface area contributed by atoms with Crippen LogP contribution in [0.25, 0.3) is 0 Å². The lowest BCUT2D eigenvalue weighted by atomic mass is 10.1. The highest BCUT2D eigenvalue weighted by Gasteiger charge is 2.27. The topological polar surface area (TPSA) is 99.5 Å². The van der Waals surface area contributed by atoms with E-state index < -0.39 is 28.8 Å². The average Bonchev–Trinajstić information content (AvgIpc) is 2.53. The number of benzene rings is 1. The van der Waals surface area contributed by atoms with Crippen LogP contribution in [-0.2, 0) is 10.0 Å². The number of nitrogens with zero attached hydrogens (tertiary/aromatic N) is 1. The molecule has 2 rings (SSSR count). The average molecular weight is 322 g/mol. The number of aliphatic hydroxyl groups is 2. The van der Waals surface area contributed by atoms with Gasteiger partial charge in [0.2, 0.25) is 10.0 Å². The van der Waals surface area contributed by atoms with Crippen LogP contribution in [0, 0.1) is 6.92 Å². The van der Waals surface area contributed by atoms with E-state index in [0.29, 0.717) is 5.56 Å². The second kappa shape index (κ2) is 6.97. The Kier molecular flexibility index (Phi) is 5.25. The zero-order valence-electron chi connectivity index (χ0n) is 12.0. The van der Waals surface area contributed by atoms with Crippen LogP contribution in [-0.4, -0.2) is 36.3 Å². The minimum absolute atomic E-state index is 0.0946. The second-order valence-corrected chi connectivity index (χ2v) is 6.66. The Bertz CT molecular complexity index is 702. The van der Waals surface area contributed by atoms with Crippen LogP contribution in [0.5, 0.6) is 0 Å². The van der Waals surface area contributed by atoms with Crippen molar-refractivity contribution < 1.29 is 18.6 Å². The number of pyridine rings is 1. The molecule has 0 bridgehead atoms. The molecule has 3 N–H and O–H groups in total. The smallest absolute Gasteiger partial charge is 0.241 e. The number of hydrogen-bond donors (Lipinski definition) is 3. The van der Waals surface area contributed by atoms with Crippen LogP contribution in [0.1, 0.15) is 17.2 Å². The van der Waals surface area contributed by atoms with Gasteiger partial charge in [0.25, 0.3) is 0 Å². The molecule has 0 radical (unpaired) electrons. The molecule has 6 nitrogen and oxygen atoms in total. The van der Waals surface area contributed by atoms with E-state index in [-0.39, 0.29) is 4.90 Å². The number of aryl methyl sites for hydroxylation is 1.